The maximum atomic E-state index is 12.4. The van der Waals surface area contributed by atoms with Gasteiger partial charge in [0.05, 0.1) is 4.90 Å². The Morgan fingerprint density at radius 2 is 1.82 bits per heavy atom. The molecule has 0 unspecified atom stereocenters. The fourth-order valence-corrected chi connectivity index (χ4v) is 1.45. The highest BCUT2D eigenvalue weighted by Crippen LogP contribution is 2.60. The molecule has 0 radical (unpaired) electrons. The van der Waals surface area contributed by atoms with Gasteiger partial charge in [-0.2, -0.15) is 4.99 Å². The Labute approximate surface area is 103 Å². The van der Waals surface area contributed by atoms with Crippen molar-refractivity contribution in [1.82, 2.24) is 0 Å². The molecule has 0 saturated heterocycles. The molecular formula is C8H9ClF3N3OS. The van der Waals surface area contributed by atoms with E-state index in [9.17, 15) is 16.5 Å². The van der Waals surface area contributed by atoms with Crippen LogP contribution in [-0.4, -0.2) is 11.9 Å². The van der Waals surface area contributed by atoms with E-state index in [1.807, 2.05) is 0 Å². The predicted molar refractivity (Wildman–Crippen MR) is 63.0 cm³/mol. The normalized spacial score (nSPS) is 11.2. The fourth-order valence-electron chi connectivity index (χ4n) is 0.955. The number of carbonyl (C=O) groups is 1. The molecular weight excluding hydrogens is 279 g/mol. The van der Waals surface area contributed by atoms with Gasteiger partial charge in [-0.15, -0.1) is 24.1 Å². The maximum absolute atomic E-state index is 12.4. The average Bonchev–Trinajstić information content (AvgIpc) is 2.15. The van der Waals surface area contributed by atoms with E-state index < -0.39 is 27.9 Å². The monoisotopic (exact) mass is 287 g/mol. The van der Waals surface area contributed by atoms with Crippen LogP contribution in [-0.2, 0) is 0 Å². The zero-order valence-electron chi connectivity index (χ0n) is 8.27. The van der Waals surface area contributed by atoms with Crippen molar-refractivity contribution < 1.29 is 16.5 Å². The van der Waals surface area contributed by atoms with Gasteiger partial charge in [0.15, 0.2) is 5.96 Å². The number of carbonyl (C=O) groups excluding carboxylic acids is 1. The van der Waals surface area contributed by atoms with Gasteiger partial charge in [0.1, 0.15) is 0 Å². The molecule has 0 bridgehead atoms. The van der Waals surface area contributed by atoms with Crippen molar-refractivity contribution in [2.45, 2.75) is 4.90 Å². The smallest absolute Gasteiger partial charge is 0.280 e. The summed E-state index contributed by atoms with van der Waals surface area (Å²) >= 11 is -5.35. The largest absolute Gasteiger partial charge is 0.370 e. The van der Waals surface area contributed by atoms with Crippen molar-refractivity contribution in [3.63, 3.8) is 0 Å². The highest BCUT2D eigenvalue weighted by Gasteiger charge is 2.24. The predicted octanol–water partition coefficient (Wildman–Crippen LogP) is 2.34. The Bertz CT molecular complexity index is 446. The number of benzene rings is 1. The third kappa shape index (κ3) is 4.53. The number of rotatable bonds is 2. The summed E-state index contributed by atoms with van der Waals surface area (Å²) in [6.07, 6.45) is 0. The lowest BCUT2D eigenvalue weighted by Crippen LogP contribution is -2.24. The highest BCUT2D eigenvalue weighted by molar-refractivity contribution is 8.20. The summed E-state index contributed by atoms with van der Waals surface area (Å²) in [7, 11) is 0. The van der Waals surface area contributed by atoms with Crippen LogP contribution >= 0.6 is 23.6 Å². The highest BCUT2D eigenvalue weighted by atomic mass is 35.5. The second kappa shape index (κ2) is 5.78. The fraction of sp³-hybridized carbons (Fsp3) is 0. The number of nitrogens with two attached hydrogens (primary N) is 2. The Morgan fingerprint density at radius 1 is 1.24 bits per heavy atom. The number of hydrogen-bond acceptors (Lipinski definition) is 1. The van der Waals surface area contributed by atoms with Gasteiger partial charge in [-0.1, -0.05) is 6.07 Å². The third-order valence-electron chi connectivity index (χ3n) is 1.58. The molecule has 17 heavy (non-hydrogen) atoms. The van der Waals surface area contributed by atoms with E-state index in [4.69, 9.17) is 11.5 Å². The van der Waals surface area contributed by atoms with Gasteiger partial charge >= 0.3 is 0 Å². The van der Waals surface area contributed by atoms with Gasteiger partial charge < -0.3 is 11.5 Å². The van der Waals surface area contributed by atoms with Crippen LogP contribution in [0.2, 0.25) is 0 Å². The van der Waals surface area contributed by atoms with Crippen LogP contribution in [0.25, 0.3) is 0 Å². The second-order valence-electron chi connectivity index (χ2n) is 2.78. The van der Waals surface area contributed by atoms with Crippen LogP contribution in [0.4, 0.5) is 11.7 Å². The molecule has 0 aliphatic carbocycles. The number of nitrogens with zero attached hydrogens (tertiary/aromatic N) is 1. The van der Waals surface area contributed by atoms with Gasteiger partial charge in [-0.3, -0.25) is 4.79 Å². The molecule has 9 heteroatoms. The molecule has 4 N–H and O–H groups in total. The number of hydrogen-bond donors (Lipinski definition) is 2. The van der Waals surface area contributed by atoms with Gasteiger partial charge in [0.2, 0.25) is 11.2 Å². The maximum Gasteiger partial charge on any atom is 0.280 e. The first kappa shape index (κ1) is 15.6. The van der Waals surface area contributed by atoms with Crippen LogP contribution < -0.4 is 11.5 Å². The summed E-state index contributed by atoms with van der Waals surface area (Å²) in [4.78, 5) is 13.5. The van der Waals surface area contributed by atoms with Gasteiger partial charge in [-0.25, -0.2) is 0 Å². The Balaban J connectivity index is 0.00000256. The van der Waals surface area contributed by atoms with Crippen molar-refractivity contribution in [1.29, 1.82) is 0 Å². The molecule has 96 valence electrons. The second-order valence-corrected chi connectivity index (χ2v) is 4.06. The van der Waals surface area contributed by atoms with Crippen LogP contribution in [0.5, 0.6) is 0 Å². The molecule has 0 aromatic heterocycles. The van der Waals surface area contributed by atoms with E-state index in [2.05, 4.69) is 4.99 Å². The third-order valence-corrected chi connectivity index (χ3v) is 2.37. The molecule has 1 amide bonds. The average molecular weight is 288 g/mol. The molecule has 0 aliphatic rings. The van der Waals surface area contributed by atoms with Crippen molar-refractivity contribution in [3.8, 4) is 0 Å². The lowest BCUT2D eigenvalue weighted by atomic mass is 10.2. The molecule has 1 aromatic carbocycles. The van der Waals surface area contributed by atoms with Crippen molar-refractivity contribution in [2.75, 3.05) is 0 Å². The van der Waals surface area contributed by atoms with E-state index >= 15 is 0 Å². The quantitative estimate of drug-likeness (QED) is 0.647. The van der Waals surface area contributed by atoms with Gasteiger partial charge in [-0.05, 0) is 18.2 Å². The lowest BCUT2D eigenvalue weighted by molar-refractivity contribution is 0.100. The van der Waals surface area contributed by atoms with Crippen LogP contribution in [0, 0.1) is 0 Å². The zero-order valence-corrected chi connectivity index (χ0v) is 9.90. The Morgan fingerprint density at radius 3 is 2.29 bits per heavy atom. The first-order valence-corrected chi connectivity index (χ1v) is 5.30. The Hall–Kier alpha value is -1.41. The summed E-state index contributed by atoms with van der Waals surface area (Å²) < 4.78 is 37.1. The molecule has 0 fully saturated rings. The standard InChI is InChI=1S/C8H8F3N3OS.ClH/c9-16(10,11)6-3-1-2-5(4-6)7(15)14-8(12)13;/h1-4H,(H4,12,13,14,15);1H. The zero-order chi connectivity index (χ0) is 12.3. The minimum absolute atomic E-state index is 0. The summed E-state index contributed by atoms with van der Waals surface area (Å²) in [5.41, 5.74) is 9.69. The molecule has 1 aromatic rings. The van der Waals surface area contributed by atoms with Crippen LogP contribution in [0.1, 0.15) is 10.4 Å². The van der Waals surface area contributed by atoms with Gasteiger partial charge in [0, 0.05) is 5.56 Å². The molecule has 0 saturated carbocycles. The molecule has 0 heterocycles. The van der Waals surface area contributed by atoms with Crippen molar-refractivity contribution in [3.05, 3.63) is 29.8 Å². The topological polar surface area (TPSA) is 81.5 Å². The molecule has 0 aliphatic heterocycles. The van der Waals surface area contributed by atoms with E-state index in [1.54, 1.807) is 0 Å². The van der Waals surface area contributed by atoms with E-state index in [0.717, 1.165) is 18.2 Å². The van der Waals surface area contributed by atoms with E-state index in [-0.39, 0.29) is 18.0 Å². The summed E-state index contributed by atoms with van der Waals surface area (Å²) in [6.45, 7) is 0. The Kier molecular flexibility index (Phi) is 5.30. The molecule has 1 rings (SSSR count). The number of amides is 1. The first-order chi connectivity index (χ1) is 7.30. The van der Waals surface area contributed by atoms with E-state index in [1.165, 1.54) is 6.07 Å². The lowest BCUT2D eigenvalue weighted by Gasteiger charge is -2.09. The summed E-state index contributed by atoms with van der Waals surface area (Å²) in [5, 5.41) is 0. The van der Waals surface area contributed by atoms with Crippen LogP contribution in [0.15, 0.2) is 34.2 Å². The van der Waals surface area contributed by atoms with Crippen molar-refractivity contribution in [2.24, 2.45) is 16.5 Å². The number of halogens is 4. The first-order valence-electron chi connectivity index (χ1n) is 3.97. The summed E-state index contributed by atoms with van der Waals surface area (Å²) in [5.74, 6) is -1.39. The molecule has 4 nitrogen and oxygen atoms in total. The SMILES string of the molecule is Cl.NC(N)=NC(=O)c1cccc(S(F)(F)F)c1. The number of aliphatic imine (C=N–C) groups is 1. The van der Waals surface area contributed by atoms with Gasteiger partial charge in [0.25, 0.3) is 5.91 Å². The molecule has 0 atom stereocenters. The van der Waals surface area contributed by atoms with Crippen molar-refractivity contribution >= 4 is 35.5 Å². The number of guanidine groups is 1. The minimum Gasteiger partial charge on any atom is -0.370 e. The van der Waals surface area contributed by atoms with Crippen LogP contribution in [0.3, 0.4) is 0 Å². The minimum atomic E-state index is -5.35. The van der Waals surface area contributed by atoms with E-state index in [0.29, 0.717) is 0 Å². The molecule has 0 spiro atoms. The summed E-state index contributed by atoms with van der Waals surface area (Å²) in [6, 6.07) is 3.96.